The maximum Gasteiger partial charge on any atom is 0.115 e. The largest absolute Gasteiger partial charge is 0.508 e. The normalized spacial score (nSPS) is 6.80. The minimum atomic E-state index is 0.250. The number of phenols is 1. The van der Waals surface area contributed by atoms with Crippen molar-refractivity contribution in [2.75, 3.05) is 13.2 Å². The molecule has 1 aromatic carbocycles. The maximum absolute atomic E-state index is 8.63. The van der Waals surface area contributed by atoms with Crippen molar-refractivity contribution in [1.29, 1.82) is 0 Å². The van der Waals surface area contributed by atoms with E-state index in [1.165, 1.54) is 0 Å². The van der Waals surface area contributed by atoms with Crippen LogP contribution >= 0.6 is 0 Å². The first kappa shape index (κ1) is 19.5. The first-order valence-electron chi connectivity index (χ1n) is 5.18. The summed E-state index contributed by atoms with van der Waals surface area (Å²) in [6.45, 7) is 7.86. The van der Waals surface area contributed by atoms with Crippen LogP contribution in [0.1, 0.15) is 27.7 Å². The van der Waals surface area contributed by atoms with E-state index in [9.17, 15) is 0 Å². The summed E-state index contributed by atoms with van der Waals surface area (Å²) < 4.78 is 0. The van der Waals surface area contributed by atoms with Gasteiger partial charge in [-0.2, -0.15) is 0 Å². The number of phenolic OH excluding ortho intramolecular Hbond substituents is 1. The number of rotatable bonds is 0. The van der Waals surface area contributed by atoms with E-state index in [2.05, 4.69) is 0 Å². The first-order valence-corrected chi connectivity index (χ1v) is 5.18. The van der Waals surface area contributed by atoms with Crippen LogP contribution in [0.5, 0.6) is 5.75 Å². The van der Waals surface area contributed by atoms with E-state index in [0.29, 0.717) is 5.75 Å². The second kappa shape index (κ2) is 23.1. The number of para-hydroxylation sites is 1. The highest BCUT2D eigenvalue weighted by Crippen LogP contribution is 2.02. The Kier molecular flexibility index (Phi) is 30.0. The molecule has 3 N–H and O–H groups in total. The topological polar surface area (TPSA) is 60.7 Å². The molecule has 3 heteroatoms. The van der Waals surface area contributed by atoms with Gasteiger partial charge in [0.1, 0.15) is 5.75 Å². The summed E-state index contributed by atoms with van der Waals surface area (Å²) >= 11 is 0. The van der Waals surface area contributed by atoms with Crippen LogP contribution in [0.4, 0.5) is 0 Å². The third-order valence-electron chi connectivity index (χ3n) is 0.756. The van der Waals surface area contributed by atoms with Crippen LogP contribution in [0.3, 0.4) is 0 Å². The van der Waals surface area contributed by atoms with Crippen LogP contribution in [0.2, 0.25) is 0 Å². The Balaban J connectivity index is -0.000000154. The lowest BCUT2D eigenvalue weighted by Crippen LogP contribution is -1.57. The van der Waals surface area contributed by atoms with Gasteiger partial charge in [0.15, 0.2) is 0 Å². The van der Waals surface area contributed by atoms with E-state index in [1.807, 2.05) is 19.9 Å². The van der Waals surface area contributed by atoms with Gasteiger partial charge in [-0.25, -0.2) is 0 Å². The van der Waals surface area contributed by atoms with Crippen LogP contribution in [0, 0.1) is 0 Å². The molecule has 0 amide bonds. The Hall–Kier alpha value is -1.06. The minimum absolute atomic E-state index is 0.250. The van der Waals surface area contributed by atoms with Crippen LogP contribution < -0.4 is 0 Å². The van der Waals surface area contributed by atoms with Crippen molar-refractivity contribution in [2.45, 2.75) is 27.7 Å². The molecule has 0 atom stereocenters. The van der Waals surface area contributed by atoms with Crippen molar-refractivity contribution in [3.05, 3.63) is 30.3 Å². The van der Waals surface area contributed by atoms with Gasteiger partial charge in [-0.3, -0.25) is 0 Å². The number of hydrogen-bond acceptors (Lipinski definition) is 3. The van der Waals surface area contributed by atoms with Gasteiger partial charge in [-0.1, -0.05) is 32.0 Å². The van der Waals surface area contributed by atoms with Crippen LogP contribution in [0.15, 0.2) is 30.3 Å². The molecule has 0 heterocycles. The van der Waals surface area contributed by atoms with Gasteiger partial charge in [0.05, 0.1) is 0 Å². The van der Waals surface area contributed by atoms with Crippen LogP contribution in [0.25, 0.3) is 0 Å². The van der Waals surface area contributed by atoms with Gasteiger partial charge < -0.3 is 15.3 Å². The highest BCUT2D eigenvalue weighted by atomic mass is 16.3. The number of aliphatic hydroxyl groups is 2. The smallest absolute Gasteiger partial charge is 0.115 e. The Bertz CT molecular complexity index is 162. The molecule has 1 rings (SSSR count). The fourth-order valence-electron chi connectivity index (χ4n) is 0.428. The first-order chi connectivity index (χ1) is 7.22. The fraction of sp³-hybridized carbons (Fsp3) is 0.500. The highest BCUT2D eigenvalue weighted by molar-refractivity contribution is 5.18. The zero-order chi connectivity index (χ0) is 12.5. The summed E-state index contributed by atoms with van der Waals surface area (Å²) in [5.74, 6) is 0.322. The highest BCUT2D eigenvalue weighted by Gasteiger charge is 1.74. The predicted octanol–water partition coefficient (Wildman–Crippen LogP) is 2.42. The Morgan fingerprint density at radius 2 is 1.13 bits per heavy atom. The molecule has 0 radical (unpaired) electrons. The monoisotopic (exact) mass is 216 g/mol. The quantitative estimate of drug-likeness (QED) is 0.624. The third-order valence-corrected chi connectivity index (χ3v) is 0.756. The molecule has 3 nitrogen and oxygen atoms in total. The van der Waals surface area contributed by atoms with Gasteiger partial charge in [0, 0.05) is 13.2 Å². The molecule has 1 aromatic rings. The fourth-order valence-corrected chi connectivity index (χ4v) is 0.428. The summed E-state index contributed by atoms with van der Waals surface area (Å²) in [6.07, 6.45) is 0. The Morgan fingerprint density at radius 1 is 0.867 bits per heavy atom. The summed E-state index contributed by atoms with van der Waals surface area (Å²) in [4.78, 5) is 0. The molecular weight excluding hydrogens is 192 g/mol. The zero-order valence-electron chi connectivity index (χ0n) is 10.1. The molecule has 0 aromatic heterocycles. The van der Waals surface area contributed by atoms with E-state index < -0.39 is 0 Å². The van der Waals surface area contributed by atoms with Crippen LogP contribution in [-0.2, 0) is 0 Å². The summed E-state index contributed by atoms with van der Waals surface area (Å²) in [6, 6.07) is 8.71. The molecule has 0 fully saturated rings. The van der Waals surface area contributed by atoms with Crippen molar-refractivity contribution in [2.24, 2.45) is 0 Å². The summed E-state index contributed by atoms with van der Waals surface area (Å²) in [7, 11) is 0. The third kappa shape index (κ3) is 32.2. The SMILES string of the molecule is CC.CCO.CCO.Oc1ccccc1. The molecule has 0 spiro atoms. The van der Waals surface area contributed by atoms with E-state index >= 15 is 0 Å². The van der Waals surface area contributed by atoms with Crippen molar-refractivity contribution in [1.82, 2.24) is 0 Å². The van der Waals surface area contributed by atoms with E-state index in [-0.39, 0.29) is 13.2 Å². The van der Waals surface area contributed by atoms with Gasteiger partial charge >= 0.3 is 0 Å². The molecule has 0 aliphatic carbocycles. The number of aliphatic hydroxyl groups excluding tert-OH is 2. The van der Waals surface area contributed by atoms with E-state index in [0.717, 1.165) is 0 Å². The molecule has 0 aliphatic rings. The second-order valence-electron chi connectivity index (χ2n) is 1.97. The molecular formula is C12H24O3. The molecule has 0 bridgehead atoms. The molecule has 0 saturated carbocycles. The van der Waals surface area contributed by atoms with E-state index in [1.54, 1.807) is 38.1 Å². The average Bonchev–Trinajstić information content (AvgIpc) is 2.24. The number of benzene rings is 1. The zero-order valence-corrected chi connectivity index (χ0v) is 10.1. The average molecular weight is 216 g/mol. The van der Waals surface area contributed by atoms with Crippen molar-refractivity contribution in [3.63, 3.8) is 0 Å². The molecule has 0 saturated heterocycles. The van der Waals surface area contributed by atoms with Gasteiger partial charge in [0.2, 0.25) is 0 Å². The Morgan fingerprint density at radius 3 is 1.27 bits per heavy atom. The van der Waals surface area contributed by atoms with Gasteiger partial charge in [0.25, 0.3) is 0 Å². The van der Waals surface area contributed by atoms with Crippen molar-refractivity contribution in [3.8, 4) is 5.75 Å². The lowest BCUT2D eigenvalue weighted by Gasteiger charge is -1.82. The van der Waals surface area contributed by atoms with E-state index in [4.69, 9.17) is 15.3 Å². The van der Waals surface area contributed by atoms with Gasteiger partial charge in [-0.05, 0) is 26.0 Å². The van der Waals surface area contributed by atoms with Crippen molar-refractivity contribution >= 4 is 0 Å². The second-order valence-corrected chi connectivity index (χ2v) is 1.97. The molecule has 15 heavy (non-hydrogen) atoms. The molecule has 90 valence electrons. The minimum Gasteiger partial charge on any atom is -0.508 e. The molecule has 0 unspecified atom stereocenters. The maximum atomic E-state index is 8.63. The van der Waals surface area contributed by atoms with Crippen LogP contribution in [-0.4, -0.2) is 28.5 Å². The molecule has 0 aliphatic heterocycles. The van der Waals surface area contributed by atoms with Crippen molar-refractivity contribution < 1.29 is 15.3 Å². The predicted molar refractivity (Wildman–Crippen MR) is 65.0 cm³/mol. The Labute approximate surface area is 93.0 Å². The van der Waals surface area contributed by atoms with Gasteiger partial charge in [-0.15, -0.1) is 0 Å². The standard InChI is InChI=1S/C6H6O.2C2H6O.C2H6/c7-6-4-2-1-3-5-6;2*1-2-3;1-2/h1-5,7H;2*3H,2H2,1H3;1-2H3. The number of hydrogen-bond donors (Lipinski definition) is 3. The lowest BCUT2D eigenvalue weighted by atomic mass is 10.3. The summed E-state index contributed by atoms with van der Waals surface area (Å²) in [5.41, 5.74) is 0. The number of aromatic hydroxyl groups is 1. The summed E-state index contributed by atoms with van der Waals surface area (Å²) in [5, 5.41) is 23.8. The lowest BCUT2D eigenvalue weighted by molar-refractivity contribution is 0.318.